The van der Waals surface area contributed by atoms with Gasteiger partial charge in [0.15, 0.2) is 5.13 Å². The number of methoxy groups -OCH3 is 1. The van der Waals surface area contributed by atoms with Gasteiger partial charge in [-0.05, 0) is 75.0 Å². The second-order valence-electron chi connectivity index (χ2n) is 11.8. The van der Waals surface area contributed by atoms with E-state index in [2.05, 4.69) is 29.0 Å². The molecule has 226 valence electrons. The highest BCUT2D eigenvalue weighted by Gasteiger charge is 2.47. The Morgan fingerprint density at radius 2 is 1.90 bits per heavy atom. The third-order valence-electron chi connectivity index (χ3n) is 7.93. The van der Waals surface area contributed by atoms with Crippen molar-refractivity contribution in [1.29, 1.82) is 0 Å². The Morgan fingerprint density at radius 3 is 2.60 bits per heavy atom. The minimum atomic E-state index is -3.71. The third kappa shape index (κ3) is 7.03. The van der Waals surface area contributed by atoms with Crippen molar-refractivity contribution in [3.05, 3.63) is 59.5 Å². The molecule has 1 spiro atoms. The first-order valence-corrected chi connectivity index (χ1v) is 16.7. The lowest BCUT2D eigenvalue weighted by Crippen LogP contribution is -2.64. The van der Waals surface area contributed by atoms with E-state index < -0.39 is 15.6 Å². The van der Waals surface area contributed by atoms with Gasteiger partial charge in [-0.15, -0.1) is 11.3 Å². The maximum atomic E-state index is 13.9. The topological polar surface area (TPSA) is 101 Å². The molecule has 0 radical (unpaired) electrons. The van der Waals surface area contributed by atoms with Gasteiger partial charge in [-0.2, -0.15) is 4.31 Å². The first kappa shape index (κ1) is 30.6. The lowest BCUT2D eigenvalue weighted by Gasteiger charge is -2.50. The van der Waals surface area contributed by atoms with Gasteiger partial charge in [-0.25, -0.2) is 13.4 Å². The summed E-state index contributed by atoms with van der Waals surface area (Å²) in [4.78, 5) is 20.0. The summed E-state index contributed by atoms with van der Waals surface area (Å²) in [5.74, 6) is 0.946. The number of hydrogen-bond acceptors (Lipinski definition) is 8. The lowest BCUT2D eigenvalue weighted by molar-refractivity contribution is -0.146. The van der Waals surface area contributed by atoms with Crippen molar-refractivity contribution >= 4 is 32.4 Å². The van der Waals surface area contributed by atoms with Crippen LogP contribution in [-0.4, -0.2) is 80.1 Å². The fourth-order valence-corrected chi connectivity index (χ4v) is 8.26. The summed E-state index contributed by atoms with van der Waals surface area (Å²) < 4.78 is 41.2. The number of aromatic nitrogens is 1. The summed E-state index contributed by atoms with van der Waals surface area (Å²) in [7, 11) is -2.09. The summed E-state index contributed by atoms with van der Waals surface area (Å²) in [6, 6.07) is 14.5. The van der Waals surface area contributed by atoms with Crippen LogP contribution >= 0.6 is 11.3 Å². The van der Waals surface area contributed by atoms with E-state index in [4.69, 9.17) is 9.47 Å². The molecule has 2 aromatic carbocycles. The van der Waals surface area contributed by atoms with E-state index in [-0.39, 0.29) is 25.0 Å². The van der Waals surface area contributed by atoms with Crippen LogP contribution in [0.3, 0.4) is 0 Å². The Balaban J connectivity index is 1.25. The fourth-order valence-electron chi connectivity index (χ4n) is 5.83. The number of hydrogen-bond donors (Lipinski definition) is 1. The number of thiazole rings is 1. The van der Waals surface area contributed by atoms with Gasteiger partial charge >= 0.3 is 0 Å². The van der Waals surface area contributed by atoms with Crippen molar-refractivity contribution in [3.8, 4) is 17.0 Å². The molecule has 0 saturated carbocycles. The zero-order chi connectivity index (χ0) is 29.9. The smallest absolute Gasteiger partial charge is 0.243 e. The van der Waals surface area contributed by atoms with Crippen LogP contribution in [0.1, 0.15) is 38.7 Å². The molecule has 9 nitrogen and oxygen atoms in total. The maximum Gasteiger partial charge on any atom is 0.243 e. The van der Waals surface area contributed by atoms with E-state index in [0.29, 0.717) is 29.1 Å². The monoisotopic (exact) mass is 612 g/mol. The van der Waals surface area contributed by atoms with Gasteiger partial charge in [0.1, 0.15) is 5.75 Å². The molecule has 42 heavy (non-hydrogen) atoms. The van der Waals surface area contributed by atoms with E-state index in [1.807, 2.05) is 48.7 Å². The van der Waals surface area contributed by atoms with Crippen molar-refractivity contribution in [2.45, 2.75) is 56.6 Å². The molecule has 11 heteroatoms. The van der Waals surface area contributed by atoms with Gasteiger partial charge in [0.25, 0.3) is 0 Å². The number of likely N-dealkylation sites (tertiary alicyclic amines) is 1. The van der Waals surface area contributed by atoms with Crippen molar-refractivity contribution < 1.29 is 22.7 Å². The maximum absolute atomic E-state index is 13.9. The number of sulfonamides is 1. The Kier molecular flexibility index (Phi) is 9.34. The van der Waals surface area contributed by atoms with Crippen LogP contribution in [0.5, 0.6) is 5.75 Å². The van der Waals surface area contributed by atoms with Crippen LogP contribution in [0.4, 0.5) is 5.13 Å². The third-order valence-corrected chi connectivity index (χ3v) is 10.6. The van der Waals surface area contributed by atoms with Gasteiger partial charge in [0.05, 0.1) is 36.5 Å². The zero-order valence-electron chi connectivity index (χ0n) is 24.7. The number of amides is 1. The highest BCUT2D eigenvalue weighted by molar-refractivity contribution is 7.89. The summed E-state index contributed by atoms with van der Waals surface area (Å²) in [5.41, 5.74) is 2.09. The number of carbonyl (C=O) groups is 1. The van der Waals surface area contributed by atoms with Crippen LogP contribution < -0.4 is 10.1 Å². The second-order valence-corrected chi connectivity index (χ2v) is 14.5. The van der Waals surface area contributed by atoms with Crippen molar-refractivity contribution in [3.63, 3.8) is 0 Å². The van der Waals surface area contributed by atoms with Gasteiger partial charge < -0.3 is 14.8 Å². The largest absolute Gasteiger partial charge is 0.497 e. The number of anilines is 1. The van der Waals surface area contributed by atoms with Crippen LogP contribution in [-0.2, 0) is 19.6 Å². The molecule has 2 aliphatic rings. The fraction of sp³-hybridized carbons (Fsp3) is 0.484. The molecule has 2 fully saturated rings. The number of nitrogens with one attached hydrogen (secondary N) is 1. The number of benzene rings is 2. The Morgan fingerprint density at radius 1 is 1.17 bits per heavy atom. The first-order chi connectivity index (χ1) is 20.1. The van der Waals surface area contributed by atoms with E-state index in [0.717, 1.165) is 48.4 Å². The molecular formula is C31H40N4O5S2. The molecule has 0 unspecified atom stereocenters. The van der Waals surface area contributed by atoms with Gasteiger partial charge in [-0.1, -0.05) is 31.5 Å². The van der Waals surface area contributed by atoms with Crippen LogP contribution in [0.15, 0.2) is 58.8 Å². The summed E-state index contributed by atoms with van der Waals surface area (Å²) in [5, 5.41) is 5.39. The van der Waals surface area contributed by atoms with Crippen molar-refractivity contribution in [2.24, 2.45) is 5.92 Å². The average molecular weight is 613 g/mol. The molecule has 3 aromatic rings. The lowest BCUT2D eigenvalue weighted by atomic mass is 9.89. The zero-order valence-corrected chi connectivity index (χ0v) is 26.3. The molecule has 2 saturated heterocycles. The molecule has 5 rings (SSSR count). The number of morpholine rings is 1. The Hall–Kier alpha value is -2.83. The summed E-state index contributed by atoms with van der Waals surface area (Å²) in [6.45, 7) is 8.19. The molecule has 3 heterocycles. The van der Waals surface area contributed by atoms with Gasteiger partial charge in [0.2, 0.25) is 15.9 Å². The van der Waals surface area contributed by atoms with Gasteiger partial charge in [0, 0.05) is 30.1 Å². The standard InChI is InChI=1S/C31H40N4O5S2/c1-22(2)16-25-18-40-31(21-35(25)42(37,38)27-12-6-23(3)7-13-27)14-5-15-34(20-31)17-29(36)33-30-32-28(19-41-30)24-8-10-26(39-4)11-9-24/h6-13,19,22,25H,5,14-18,20-21H2,1-4H3,(H,32,33,36)/t25-,31-/m0/s1. The van der Waals surface area contributed by atoms with Crippen molar-refractivity contribution in [2.75, 3.05) is 45.2 Å². The SMILES string of the molecule is COc1ccc(-c2csc(NC(=O)CN3CCC[C@]4(C3)CN(S(=O)(=O)c3ccc(C)cc3)[C@@H](CC(C)C)CO4)n2)cc1. The second kappa shape index (κ2) is 12.8. The number of ether oxygens (including phenoxy) is 2. The number of nitrogens with zero attached hydrogens (tertiary/aromatic N) is 3. The van der Waals surface area contributed by atoms with Crippen LogP contribution in [0, 0.1) is 12.8 Å². The molecule has 2 atom stereocenters. The molecule has 1 aromatic heterocycles. The van der Waals surface area contributed by atoms with Crippen LogP contribution in [0.25, 0.3) is 11.3 Å². The van der Waals surface area contributed by atoms with E-state index >= 15 is 0 Å². The Bertz CT molecular complexity index is 1470. The summed E-state index contributed by atoms with van der Waals surface area (Å²) >= 11 is 1.38. The van der Waals surface area contributed by atoms with E-state index in [1.165, 1.54) is 11.3 Å². The minimum Gasteiger partial charge on any atom is -0.497 e. The molecule has 0 bridgehead atoms. The van der Waals surface area contributed by atoms with E-state index in [9.17, 15) is 13.2 Å². The number of piperidine rings is 1. The number of aryl methyl sites for hydroxylation is 1. The quantitative estimate of drug-likeness (QED) is 0.362. The first-order valence-electron chi connectivity index (χ1n) is 14.4. The van der Waals surface area contributed by atoms with Crippen molar-refractivity contribution in [1.82, 2.24) is 14.2 Å². The normalized spacial score (nSPS) is 22.0. The molecule has 1 amide bonds. The average Bonchev–Trinajstić information content (AvgIpc) is 3.42. The van der Waals surface area contributed by atoms with E-state index in [1.54, 1.807) is 23.5 Å². The predicted molar refractivity (Wildman–Crippen MR) is 165 cm³/mol. The minimum absolute atomic E-state index is 0.152. The Labute approximate surface area is 252 Å². The highest BCUT2D eigenvalue weighted by atomic mass is 32.2. The number of rotatable bonds is 9. The molecule has 2 aliphatic heterocycles. The van der Waals surface area contributed by atoms with Gasteiger partial charge in [-0.3, -0.25) is 9.69 Å². The highest BCUT2D eigenvalue weighted by Crippen LogP contribution is 2.35. The molecule has 1 N–H and O–H groups in total. The molecule has 0 aliphatic carbocycles. The predicted octanol–water partition coefficient (Wildman–Crippen LogP) is 5.04. The summed E-state index contributed by atoms with van der Waals surface area (Å²) in [6.07, 6.45) is 2.29. The number of carbonyl (C=O) groups excluding carboxylic acids is 1. The molecular weight excluding hydrogens is 572 g/mol. The van der Waals surface area contributed by atoms with Crippen LogP contribution in [0.2, 0.25) is 0 Å².